The van der Waals surface area contributed by atoms with Crippen molar-refractivity contribution in [1.29, 1.82) is 0 Å². The van der Waals surface area contributed by atoms with E-state index in [2.05, 4.69) is 32.3 Å². The van der Waals surface area contributed by atoms with Crippen LogP contribution in [0.5, 0.6) is 0 Å². The van der Waals surface area contributed by atoms with E-state index < -0.39 is 6.10 Å². The van der Waals surface area contributed by atoms with Gasteiger partial charge in [-0.2, -0.15) is 0 Å². The van der Waals surface area contributed by atoms with E-state index in [1.165, 1.54) is 24.8 Å². The van der Waals surface area contributed by atoms with Gasteiger partial charge in [-0.25, -0.2) is 9.97 Å². The van der Waals surface area contributed by atoms with Crippen LogP contribution < -0.4 is 10.2 Å². The van der Waals surface area contributed by atoms with Crippen LogP contribution in [0.15, 0.2) is 36.7 Å². The van der Waals surface area contributed by atoms with Crippen molar-refractivity contribution >= 4 is 11.6 Å². The van der Waals surface area contributed by atoms with Gasteiger partial charge in [0.05, 0.1) is 12.1 Å². The molecule has 1 saturated heterocycles. The highest BCUT2D eigenvalue weighted by atomic mass is 16.3. The van der Waals surface area contributed by atoms with Gasteiger partial charge in [0.1, 0.15) is 18.0 Å². The topological polar surface area (TPSA) is 61.3 Å². The highest BCUT2D eigenvalue weighted by molar-refractivity contribution is 5.51. The molecular weight excluding hydrogens is 288 g/mol. The van der Waals surface area contributed by atoms with E-state index in [0.717, 1.165) is 30.3 Å². The molecule has 1 aromatic heterocycles. The van der Waals surface area contributed by atoms with Crippen LogP contribution >= 0.6 is 0 Å². The highest BCUT2D eigenvalue weighted by Crippen LogP contribution is 2.34. The molecule has 1 fully saturated rings. The van der Waals surface area contributed by atoms with Crippen LogP contribution in [0.4, 0.5) is 11.6 Å². The summed E-state index contributed by atoms with van der Waals surface area (Å²) in [4.78, 5) is 11.1. The Hall–Kier alpha value is -2.14. The second-order valence-electron chi connectivity index (χ2n) is 6.40. The predicted molar refractivity (Wildman–Crippen MR) is 90.6 cm³/mol. The Morgan fingerprint density at radius 1 is 1.09 bits per heavy atom. The van der Waals surface area contributed by atoms with Crippen molar-refractivity contribution in [3.05, 3.63) is 47.8 Å². The van der Waals surface area contributed by atoms with Gasteiger partial charge >= 0.3 is 0 Å². The first-order valence-electron chi connectivity index (χ1n) is 8.41. The van der Waals surface area contributed by atoms with Gasteiger partial charge in [0, 0.05) is 25.6 Å². The van der Waals surface area contributed by atoms with E-state index in [4.69, 9.17) is 0 Å². The molecule has 2 atom stereocenters. The van der Waals surface area contributed by atoms with Crippen LogP contribution in [0.25, 0.3) is 0 Å². The molecule has 1 aromatic carbocycles. The molecule has 0 unspecified atom stereocenters. The van der Waals surface area contributed by atoms with Crippen LogP contribution in [0, 0.1) is 0 Å². The van der Waals surface area contributed by atoms with Crippen molar-refractivity contribution in [1.82, 2.24) is 9.97 Å². The third-order valence-electron chi connectivity index (χ3n) is 4.84. The van der Waals surface area contributed by atoms with Gasteiger partial charge in [0.15, 0.2) is 0 Å². The molecule has 2 aliphatic rings. The van der Waals surface area contributed by atoms with Gasteiger partial charge in [-0.05, 0) is 30.4 Å². The van der Waals surface area contributed by atoms with Gasteiger partial charge in [0.25, 0.3) is 0 Å². The number of nitrogens with one attached hydrogen (secondary N) is 1. The van der Waals surface area contributed by atoms with Crippen LogP contribution in [0.1, 0.15) is 36.4 Å². The summed E-state index contributed by atoms with van der Waals surface area (Å²) in [5, 5.41) is 13.8. The fourth-order valence-corrected chi connectivity index (χ4v) is 3.63. The lowest BCUT2D eigenvalue weighted by atomic mass is 10.1. The maximum Gasteiger partial charge on any atom is 0.134 e. The minimum Gasteiger partial charge on any atom is -0.390 e. The number of aliphatic hydroxyl groups excluding tert-OH is 1. The second kappa shape index (κ2) is 6.16. The van der Waals surface area contributed by atoms with E-state index in [-0.39, 0.29) is 6.04 Å². The van der Waals surface area contributed by atoms with Crippen molar-refractivity contribution in [2.75, 3.05) is 23.3 Å². The molecule has 1 aliphatic carbocycles. The number of hydrogen-bond acceptors (Lipinski definition) is 5. The summed E-state index contributed by atoms with van der Waals surface area (Å²) in [6.45, 7) is 2.12. The summed E-state index contributed by atoms with van der Waals surface area (Å²) in [7, 11) is 0. The molecule has 2 aromatic rings. The Morgan fingerprint density at radius 3 is 2.78 bits per heavy atom. The lowest BCUT2D eigenvalue weighted by molar-refractivity contribution is 0.165. The molecule has 120 valence electrons. The zero-order valence-corrected chi connectivity index (χ0v) is 13.2. The van der Waals surface area contributed by atoms with Crippen LogP contribution in [-0.2, 0) is 6.42 Å². The molecule has 0 radical (unpaired) electrons. The first-order valence-corrected chi connectivity index (χ1v) is 8.41. The lowest BCUT2D eigenvalue weighted by Gasteiger charge is -2.28. The number of nitrogens with zero attached hydrogens (tertiary/aromatic N) is 3. The Kier molecular flexibility index (Phi) is 3.87. The fourth-order valence-electron chi connectivity index (χ4n) is 3.63. The normalized spacial score (nSPS) is 23.6. The van der Waals surface area contributed by atoms with E-state index in [1.54, 1.807) is 6.33 Å². The molecule has 0 bridgehead atoms. The Balaban J connectivity index is 1.55. The van der Waals surface area contributed by atoms with Crippen molar-refractivity contribution in [3.63, 3.8) is 0 Å². The Morgan fingerprint density at radius 2 is 1.91 bits per heavy atom. The zero-order valence-electron chi connectivity index (χ0n) is 13.2. The van der Waals surface area contributed by atoms with E-state index in [0.29, 0.717) is 6.42 Å². The second-order valence-corrected chi connectivity index (χ2v) is 6.40. The molecular formula is C18H22N4O. The third-order valence-corrected chi connectivity index (χ3v) is 4.84. The summed E-state index contributed by atoms with van der Waals surface area (Å²) < 4.78 is 0. The minimum absolute atomic E-state index is 0.102. The number of benzene rings is 1. The molecule has 4 rings (SSSR count). The minimum atomic E-state index is -0.416. The van der Waals surface area contributed by atoms with E-state index in [1.807, 2.05) is 18.2 Å². The summed E-state index contributed by atoms with van der Waals surface area (Å²) >= 11 is 0. The van der Waals surface area contributed by atoms with Gasteiger partial charge in [0.2, 0.25) is 0 Å². The molecule has 0 spiro atoms. The van der Waals surface area contributed by atoms with Gasteiger partial charge < -0.3 is 15.3 Å². The molecule has 23 heavy (non-hydrogen) atoms. The average molecular weight is 310 g/mol. The van der Waals surface area contributed by atoms with Gasteiger partial charge in [-0.1, -0.05) is 24.3 Å². The average Bonchev–Trinajstić information content (AvgIpc) is 2.92. The number of aromatic nitrogens is 2. The number of rotatable bonds is 3. The van der Waals surface area contributed by atoms with Crippen molar-refractivity contribution in [3.8, 4) is 0 Å². The number of anilines is 2. The molecule has 1 aliphatic heterocycles. The summed E-state index contributed by atoms with van der Waals surface area (Å²) in [5.41, 5.74) is 2.38. The molecule has 0 amide bonds. The van der Waals surface area contributed by atoms with Crippen molar-refractivity contribution in [2.45, 2.75) is 37.8 Å². The predicted octanol–water partition coefficient (Wildman–Crippen LogP) is 2.54. The van der Waals surface area contributed by atoms with Crippen LogP contribution in [-0.4, -0.2) is 34.3 Å². The number of fused-ring (bicyclic) bond motifs is 1. The quantitative estimate of drug-likeness (QED) is 0.912. The lowest BCUT2D eigenvalue weighted by Crippen LogP contribution is -2.30. The first-order chi connectivity index (χ1) is 11.3. The third kappa shape index (κ3) is 2.88. The standard InChI is InChI=1S/C18H22N4O/c23-15-10-13-6-2-3-7-14(13)18(15)21-16-11-17(20-12-19-16)22-8-4-1-5-9-22/h2-3,6-7,11-12,15,18,23H,1,4-5,8-10H2,(H,19,20,21)/t15-,18+/m1/s1. The SMILES string of the molecule is O[C@@H]1Cc2ccccc2[C@@H]1Nc1cc(N2CCCCC2)ncn1. The van der Waals surface area contributed by atoms with Crippen molar-refractivity contribution in [2.24, 2.45) is 0 Å². The number of aliphatic hydroxyl groups is 1. The molecule has 5 nitrogen and oxygen atoms in total. The van der Waals surface area contributed by atoms with E-state index >= 15 is 0 Å². The molecule has 0 saturated carbocycles. The maximum absolute atomic E-state index is 10.4. The Labute approximate surface area is 136 Å². The smallest absolute Gasteiger partial charge is 0.134 e. The monoisotopic (exact) mass is 310 g/mol. The summed E-state index contributed by atoms with van der Waals surface area (Å²) in [5.74, 6) is 1.75. The van der Waals surface area contributed by atoms with E-state index in [9.17, 15) is 5.11 Å². The van der Waals surface area contributed by atoms with Crippen LogP contribution in [0.2, 0.25) is 0 Å². The van der Waals surface area contributed by atoms with Crippen LogP contribution in [0.3, 0.4) is 0 Å². The molecule has 5 heteroatoms. The molecule has 2 N–H and O–H groups in total. The first kappa shape index (κ1) is 14.5. The maximum atomic E-state index is 10.4. The zero-order chi connectivity index (χ0) is 15.6. The van der Waals surface area contributed by atoms with Gasteiger partial charge in [-0.15, -0.1) is 0 Å². The highest BCUT2D eigenvalue weighted by Gasteiger charge is 2.31. The number of hydrogen-bond donors (Lipinski definition) is 2. The molecule has 2 heterocycles. The van der Waals surface area contributed by atoms with Crippen molar-refractivity contribution < 1.29 is 5.11 Å². The Bertz CT molecular complexity index is 684. The fraction of sp³-hybridized carbons (Fsp3) is 0.444. The summed E-state index contributed by atoms with van der Waals surface area (Å²) in [6.07, 6.45) is 5.64. The van der Waals surface area contributed by atoms with Gasteiger partial charge in [-0.3, -0.25) is 0 Å². The largest absolute Gasteiger partial charge is 0.390 e. The number of piperidine rings is 1. The summed E-state index contributed by atoms with van der Waals surface area (Å²) in [6, 6.07) is 10.1.